The van der Waals surface area contributed by atoms with Crippen molar-refractivity contribution >= 4 is 29.6 Å². The number of aryl methyl sites for hydroxylation is 1. The van der Waals surface area contributed by atoms with Gasteiger partial charge in [-0.25, -0.2) is 9.97 Å². The molecule has 1 amide bonds. The summed E-state index contributed by atoms with van der Waals surface area (Å²) in [4.78, 5) is 33.1. The summed E-state index contributed by atoms with van der Waals surface area (Å²) in [6.45, 7) is 4.74. The highest BCUT2D eigenvalue weighted by atomic mass is 35.5. The molecular weight excluding hydrogens is 268 g/mol. The molecule has 102 valence electrons. The van der Waals surface area contributed by atoms with E-state index in [0.717, 1.165) is 0 Å². The van der Waals surface area contributed by atoms with Gasteiger partial charge in [0.15, 0.2) is 6.29 Å². The van der Waals surface area contributed by atoms with E-state index in [4.69, 9.17) is 11.6 Å². The maximum Gasteiger partial charge on any atom is 0.242 e. The highest BCUT2D eigenvalue weighted by molar-refractivity contribution is 6.32. The largest absolute Gasteiger partial charge is 0.353 e. The van der Waals surface area contributed by atoms with Crippen molar-refractivity contribution in [1.82, 2.24) is 15.3 Å². The van der Waals surface area contributed by atoms with Gasteiger partial charge in [0.25, 0.3) is 0 Å². The number of carbonyl (C=O) groups is 2. The highest BCUT2D eigenvalue weighted by Gasteiger charge is 2.31. The first-order valence-corrected chi connectivity index (χ1v) is 6.50. The van der Waals surface area contributed by atoms with E-state index in [-0.39, 0.29) is 22.7 Å². The van der Waals surface area contributed by atoms with Gasteiger partial charge >= 0.3 is 0 Å². The number of anilines is 1. The monoisotopic (exact) mass is 282 g/mol. The molecule has 2 rings (SSSR count). The number of aldehydes is 1. The molecule has 0 aliphatic carbocycles. The van der Waals surface area contributed by atoms with Crippen LogP contribution in [0.5, 0.6) is 0 Å². The third-order valence-corrected chi connectivity index (χ3v) is 3.39. The number of hydrogen-bond acceptors (Lipinski definition) is 5. The molecule has 0 spiro atoms. The standard InChI is InChI=1S/C12H15ClN4O2/c1-3-9-12(19)14-4-5-17(9)11-8(6-18)10(13)15-7(2)16-11/h6,9H,3-5H2,1-2H3,(H,14,19). The van der Waals surface area contributed by atoms with Crippen LogP contribution in [0.1, 0.15) is 29.5 Å². The minimum atomic E-state index is -0.335. The molecule has 1 unspecified atom stereocenters. The van der Waals surface area contributed by atoms with Crippen LogP contribution in [-0.2, 0) is 4.79 Å². The summed E-state index contributed by atoms with van der Waals surface area (Å²) in [5.41, 5.74) is 0.236. The summed E-state index contributed by atoms with van der Waals surface area (Å²) < 4.78 is 0. The Morgan fingerprint density at radius 2 is 2.26 bits per heavy atom. The molecule has 19 heavy (non-hydrogen) atoms. The van der Waals surface area contributed by atoms with Crippen LogP contribution in [0.3, 0.4) is 0 Å². The number of hydrogen-bond donors (Lipinski definition) is 1. The van der Waals surface area contributed by atoms with E-state index in [9.17, 15) is 9.59 Å². The Morgan fingerprint density at radius 1 is 1.53 bits per heavy atom. The summed E-state index contributed by atoms with van der Waals surface area (Å²) in [5, 5.41) is 2.93. The lowest BCUT2D eigenvalue weighted by atomic mass is 10.1. The van der Waals surface area contributed by atoms with Crippen LogP contribution in [0, 0.1) is 6.92 Å². The fraction of sp³-hybridized carbons (Fsp3) is 0.500. The maximum absolute atomic E-state index is 11.9. The van der Waals surface area contributed by atoms with Crippen LogP contribution >= 0.6 is 11.6 Å². The van der Waals surface area contributed by atoms with Crippen molar-refractivity contribution in [3.05, 3.63) is 16.5 Å². The summed E-state index contributed by atoms with van der Waals surface area (Å²) >= 11 is 5.97. The Bertz CT molecular complexity index is 521. The molecule has 1 N–H and O–H groups in total. The number of piperazine rings is 1. The number of amides is 1. The van der Waals surface area contributed by atoms with Gasteiger partial charge in [0.05, 0.1) is 5.56 Å². The second-order valence-corrected chi connectivity index (χ2v) is 4.68. The first-order valence-electron chi connectivity index (χ1n) is 6.12. The van der Waals surface area contributed by atoms with Crippen LogP contribution < -0.4 is 10.2 Å². The van der Waals surface area contributed by atoms with E-state index in [0.29, 0.717) is 37.4 Å². The number of nitrogens with one attached hydrogen (secondary N) is 1. The van der Waals surface area contributed by atoms with Crippen molar-refractivity contribution in [3.8, 4) is 0 Å². The molecule has 1 aromatic heterocycles. The summed E-state index contributed by atoms with van der Waals surface area (Å²) in [6.07, 6.45) is 1.27. The number of carbonyl (C=O) groups excluding carboxylic acids is 2. The Hall–Kier alpha value is -1.69. The van der Waals surface area contributed by atoms with Gasteiger partial charge in [0, 0.05) is 13.1 Å². The molecule has 6 nitrogen and oxygen atoms in total. The SMILES string of the molecule is CCC1C(=O)NCCN1c1nc(C)nc(Cl)c1C=O. The van der Waals surface area contributed by atoms with Gasteiger partial charge in [-0.05, 0) is 13.3 Å². The molecule has 0 radical (unpaired) electrons. The molecule has 1 aromatic rings. The Kier molecular flexibility index (Phi) is 3.99. The Morgan fingerprint density at radius 3 is 2.89 bits per heavy atom. The van der Waals surface area contributed by atoms with Gasteiger partial charge in [-0.3, -0.25) is 9.59 Å². The van der Waals surface area contributed by atoms with E-state index in [1.54, 1.807) is 6.92 Å². The van der Waals surface area contributed by atoms with Crippen molar-refractivity contribution in [2.75, 3.05) is 18.0 Å². The molecule has 1 atom stereocenters. The first-order chi connectivity index (χ1) is 9.08. The highest BCUT2D eigenvalue weighted by Crippen LogP contribution is 2.26. The zero-order chi connectivity index (χ0) is 14.0. The first kappa shape index (κ1) is 13.7. The van der Waals surface area contributed by atoms with Crippen molar-refractivity contribution < 1.29 is 9.59 Å². The molecule has 7 heteroatoms. The number of nitrogens with zero attached hydrogens (tertiary/aromatic N) is 3. The van der Waals surface area contributed by atoms with Crippen molar-refractivity contribution in [3.63, 3.8) is 0 Å². The second-order valence-electron chi connectivity index (χ2n) is 4.33. The number of halogens is 1. The lowest BCUT2D eigenvalue weighted by Gasteiger charge is -2.36. The summed E-state index contributed by atoms with van der Waals surface area (Å²) in [6, 6.07) is -0.335. The molecule has 0 saturated carbocycles. The molecule has 2 heterocycles. The van der Waals surface area contributed by atoms with Crippen molar-refractivity contribution in [1.29, 1.82) is 0 Å². The van der Waals surface area contributed by atoms with Crippen LogP contribution in [0.4, 0.5) is 5.82 Å². The average molecular weight is 283 g/mol. The third kappa shape index (κ3) is 2.53. The van der Waals surface area contributed by atoms with Crippen LogP contribution in [0.2, 0.25) is 5.15 Å². The maximum atomic E-state index is 11.9. The van der Waals surface area contributed by atoms with Gasteiger partial charge in [-0.1, -0.05) is 18.5 Å². The van der Waals surface area contributed by atoms with E-state index in [1.807, 2.05) is 11.8 Å². The van der Waals surface area contributed by atoms with E-state index < -0.39 is 0 Å². The molecule has 1 aliphatic rings. The van der Waals surface area contributed by atoms with Crippen molar-refractivity contribution in [2.24, 2.45) is 0 Å². The van der Waals surface area contributed by atoms with Gasteiger partial charge in [-0.15, -0.1) is 0 Å². The van der Waals surface area contributed by atoms with Crippen LogP contribution in [0.15, 0.2) is 0 Å². The second kappa shape index (κ2) is 5.52. The lowest BCUT2D eigenvalue weighted by Crippen LogP contribution is -2.55. The van der Waals surface area contributed by atoms with Gasteiger partial charge in [-0.2, -0.15) is 0 Å². The molecule has 1 fully saturated rings. The van der Waals surface area contributed by atoms with E-state index >= 15 is 0 Å². The minimum absolute atomic E-state index is 0.0574. The predicted octanol–water partition coefficient (Wildman–Crippen LogP) is 0.966. The van der Waals surface area contributed by atoms with Gasteiger partial charge in [0.2, 0.25) is 5.91 Å². The molecule has 1 aliphatic heterocycles. The van der Waals surface area contributed by atoms with Gasteiger partial charge < -0.3 is 10.2 Å². The molecular formula is C12H15ClN4O2. The van der Waals surface area contributed by atoms with E-state index in [2.05, 4.69) is 15.3 Å². The van der Waals surface area contributed by atoms with Crippen molar-refractivity contribution in [2.45, 2.75) is 26.3 Å². The third-order valence-electron chi connectivity index (χ3n) is 3.10. The zero-order valence-corrected chi connectivity index (χ0v) is 11.6. The van der Waals surface area contributed by atoms with Crippen LogP contribution in [-0.4, -0.2) is 41.3 Å². The Labute approximate surface area is 116 Å². The molecule has 0 bridgehead atoms. The quantitative estimate of drug-likeness (QED) is 0.660. The van der Waals surface area contributed by atoms with E-state index in [1.165, 1.54) is 0 Å². The Balaban J connectivity index is 2.50. The van der Waals surface area contributed by atoms with Gasteiger partial charge in [0.1, 0.15) is 22.8 Å². The smallest absolute Gasteiger partial charge is 0.242 e. The lowest BCUT2D eigenvalue weighted by molar-refractivity contribution is -0.123. The summed E-state index contributed by atoms with van der Waals surface area (Å²) in [5.74, 6) is 0.860. The normalized spacial score (nSPS) is 19.2. The fourth-order valence-electron chi connectivity index (χ4n) is 2.23. The zero-order valence-electron chi connectivity index (χ0n) is 10.8. The average Bonchev–Trinajstić information content (AvgIpc) is 2.37. The van der Waals surface area contributed by atoms with Crippen LogP contribution in [0.25, 0.3) is 0 Å². The predicted molar refractivity (Wildman–Crippen MR) is 71.6 cm³/mol. The topological polar surface area (TPSA) is 75.2 Å². The number of aromatic nitrogens is 2. The summed E-state index contributed by atoms with van der Waals surface area (Å²) in [7, 11) is 0. The molecule has 0 aromatic carbocycles. The fourth-order valence-corrected chi connectivity index (χ4v) is 2.48. The number of rotatable bonds is 3. The molecule has 1 saturated heterocycles. The minimum Gasteiger partial charge on any atom is -0.353 e.